The van der Waals surface area contributed by atoms with Crippen LogP contribution in [0.25, 0.3) is 10.8 Å². The fourth-order valence-electron chi connectivity index (χ4n) is 2.70. The quantitative estimate of drug-likeness (QED) is 0.681. The van der Waals surface area contributed by atoms with Crippen molar-refractivity contribution < 1.29 is 13.6 Å². The van der Waals surface area contributed by atoms with Crippen molar-refractivity contribution in [2.75, 3.05) is 11.4 Å². The van der Waals surface area contributed by atoms with Gasteiger partial charge in [0.25, 0.3) is 5.91 Å². The normalized spacial score (nSPS) is 10.7. The number of rotatable bonds is 3. The smallest absolute Gasteiger partial charge is 0.264 e. The zero-order valence-corrected chi connectivity index (χ0v) is 12.6. The average molecular weight is 311 g/mol. The summed E-state index contributed by atoms with van der Waals surface area (Å²) in [6, 6.07) is 16.6. The van der Waals surface area contributed by atoms with Gasteiger partial charge in [0, 0.05) is 11.9 Å². The van der Waals surface area contributed by atoms with Gasteiger partial charge in [0.05, 0.1) is 5.69 Å². The Morgan fingerprint density at radius 3 is 2.22 bits per heavy atom. The molecule has 0 aliphatic rings. The topological polar surface area (TPSA) is 20.3 Å². The number of hydrogen-bond acceptors (Lipinski definition) is 1. The summed E-state index contributed by atoms with van der Waals surface area (Å²) in [6.07, 6.45) is 0. The van der Waals surface area contributed by atoms with Gasteiger partial charge in [0.15, 0.2) is 0 Å². The summed E-state index contributed by atoms with van der Waals surface area (Å²) in [6.45, 7) is 2.08. The second-order valence-corrected chi connectivity index (χ2v) is 5.14. The van der Waals surface area contributed by atoms with Crippen molar-refractivity contribution >= 4 is 22.4 Å². The second-order valence-electron chi connectivity index (χ2n) is 5.14. The standard InChI is InChI=1S/C19H15F2NO/c1-2-22(19(23)18-15(20)10-6-11-16(18)21)17-12-5-8-13-7-3-4-9-14(13)17/h3-12H,2H2,1H3. The Bertz CT molecular complexity index is 851. The first-order valence-corrected chi connectivity index (χ1v) is 7.37. The van der Waals surface area contributed by atoms with Crippen LogP contribution in [-0.2, 0) is 0 Å². The van der Waals surface area contributed by atoms with Gasteiger partial charge in [-0.2, -0.15) is 0 Å². The molecule has 0 aliphatic carbocycles. The predicted molar refractivity (Wildman–Crippen MR) is 87.7 cm³/mol. The van der Waals surface area contributed by atoms with Crippen molar-refractivity contribution in [2.45, 2.75) is 6.92 Å². The van der Waals surface area contributed by atoms with Crippen LogP contribution < -0.4 is 4.90 Å². The van der Waals surface area contributed by atoms with Crippen LogP contribution in [0.4, 0.5) is 14.5 Å². The highest BCUT2D eigenvalue weighted by molar-refractivity contribution is 6.11. The van der Waals surface area contributed by atoms with Crippen LogP contribution in [-0.4, -0.2) is 12.5 Å². The van der Waals surface area contributed by atoms with Crippen LogP contribution in [0.15, 0.2) is 60.7 Å². The fourth-order valence-corrected chi connectivity index (χ4v) is 2.70. The monoisotopic (exact) mass is 311 g/mol. The van der Waals surface area contributed by atoms with Gasteiger partial charge in [0.1, 0.15) is 17.2 Å². The van der Waals surface area contributed by atoms with Gasteiger partial charge in [0.2, 0.25) is 0 Å². The third kappa shape index (κ3) is 2.68. The summed E-state index contributed by atoms with van der Waals surface area (Å²) in [5.41, 5.74) is 0.112. The summed E-state index contributed by atoms with van der Waals surface area (Å²) < 4.78 is 27.9. The molecule has 0 atom stereocenters. The lowest BCUT2D eigenvalue weighted by atomic mass is 10.1. The lowest BCUT2D eigenvalue weighted by Crippen LogP contribution is -2.32. The van der Waals surface area contributed by atoms with Crippen molar-refractivity contribution in [3.63, 3.8) is 0 Å². The van der Waals surface area contributed by atoms with Gasteiger partial charge in [-0.05, 0) is 30.5 Å². The molecule has 0 heterocycles. The van der Waals surface area contributed by atoms with Crippen LogP contribution >= 0.6 is 0 Å². The van der Waals surface area contributed by atoms with Gasteiger partial charge >= 0.3 is 0 Å². The summed E-state index contributed by atoms with van der Waals surface area (Å²) >= 11 is 0. The van der Waals surface area contributed by atoms with E-state index in [1.807, 2.05) is 36.4 Å². The molecule has 0 N–H and O–H groups in total. The number of nitrogens with zero attached hydrogens (tertiary/aromatic N) is 1. The molecule has 3 aromatic carbocycles. The molecule has 0 radical (unpaired) electrons. The first-order chi connectivity index (χ1) is 11.1. The SMILES string of the molecule is CCN(C(=O)c1c(F)cccc1F)c1cccc2ccccc12. The number of hydrogen-bond donors (Lipinski definition) is 0. The highest BCUT2D eigenvalue weighted by Crippen LogP contribution is 2.28. The highest BCUT2D eigenvalue weighted by atomic mass is 19.1. The Kier molecular flexibility index (Phi) is 4.06. The Labute approximate surface area is 133 Å². The van der Waals surface area contributed by atoms with E-state index < -0.39 is 23.1 Å². The minimum atomic E-state index is -0.853. The van der Waals surface area contributed by atoms with Crippen LogP contribution in [0.3, 0.4) is 0 Å². The lowest BCUT2D eigenvalue weighted by molar-refractivity contribution is 0.0980. The Morgan fingerprint density at radius 1 is 0.913 bits per heavy atom. The third-order valence-electron chi connectivity index (χ3n) is 3.80. The first-order valence-electron chi connectivity index (χ1n) is 7.37. The Balaban J connectivity index is 2.14. The van der Waals surface area contributed by atoms with Gasteiger partial charge < -0.3 is 4.90 Å². The van der Waals surface area contributed by atoms with E-state index in [1.165, 1.54) is 11.0 Å². The van der Waals surface area contributed by atoms with E-state index in [0.29, 0.717) is 12.2 Å². The molecule has 2 nitrogen and oxygen atoms in total. The summed E-state index contributed by atoms with van der Waals surface area (Å²) in [5, 5.41) is 1.83. The fraction of sp³-hybridized carbons (Fsp3) is 0.105. The molecule has 0 aromatic heterocycles. The van der Waals surface area contributed by atoms with Crippen LogP contribution in [0.5, 0.6) is 0 Å². The molecule has 0 fully saturated rings. The summed E-state index contributed by atoms with van der Waals surface area (Å²) in [4.78, 5) is 14.1. The zero-order chi connectivity index (χ0) is 16.4. The zero-order valence-electron chi connectivity index (χ0n) is 12.6. The van der Waals surface area contributed by atoms with E-state index in [4.69, 9.17) is 0 Å². The molecule has 0 spiro atoms. The van der Waals surface area contributed by atoms with E-state index in [1.54, 1.807) is 13.0 Å². The molecule has 0 unspecified atom stereocenters. The molecule has 4 heteroatoms. The van der Waals surface area contributed by atoms with E-state index >= 15 is 0 Å². The maximum atomic E-state index is 13.9. The van der Waals surface area contributed by atoms with Crippen molar-refractivity contribution in [1.29, 1.82) is 0 Å². The minimum Gasteiger partial charge on any atom is -0.308 e. The number of anilines is 1. The van der Waals surface area contributed by atoms with E-state index in [0.717, 1.165) is 22.9 Å². The summed E-state index contributed by atoms with van der Waals surface area (Å²) in [7, 11) is 0. The minimum absolute atomic E-state index is 0.306. The maximum Gasteiger partial charge on any atom is 0.264 e. The second kappa shape index (κ2) is 6.16. The van der Waals surface area contributed by atoms with Gasteiger partial charge in [-0.15, -0.1) is 0 Å². The predicted octanol–water partition coefficient (Wildman–Crippen LogP) is 4.78. The Morgan fingerprint density at radius 2 is 1.52 bits per heavy atom. The van der Waals surface area contributed by atoms with Gasteiger partial charge in [-0.25, -0.2) is 8.78 Å². The summed E-state index contributed by atoms with van der Waals surface area (Å²) in [5.74, 6) is -2.39. The molecule has 0 saturated carbocycles. The van der Waals surface area contributed by atoms with Crippen molar-refractivity contribution in [1.82, 2.24) is 0 Å². The number of carbonyl (C=O) groups is 1. The molecule has 3 rings (SSSR count). The number of carbonyl (C=O) groups excluding carboxylic acids is 1. The largest absolute Gasteiger partial charge is 0.308 e. The molecule has 0 saturated heterocycles. The van der Waals surface area contributed by atoms with Gasteiger partial charge in [-0.1, -0.05) is 42.5 Å². The first kappa shape index (κ1) is 15.2. The molecule has 0 aliphatic heterocycles. The van der Waals surface area contributed by atoms with Crippen LogP contribution in [0.1, 0.15) is 17.3 Å². The van der Waals surface area contributed by atoms with Crippen LogP contribution in [0, 0.1) is 11.6 Å². The van der Waals surface area contributed by atoms with Gasteiger partial charge in [-0.3, -0.25) is 4.79 Å². The number of fused-ring (bicyclic) bond motifs is 1. The van der Waals surface area contributed by atoms with E-state index in [-0.39, 0.29) is 0 Å². The number of halogens is 2. The van der Waals surface area contributed by atoms with E-state index in [2.05, 4.69) is 0 Å². The molecule has 116 valence electrons. The molecular weight excluding hydrogens is 296 g/mol. The molecular formula is C19H15F2NO. The molecule has 0 bridgehead atoms. The van der Waals surface area contributed by atoms with Crippen molar-refractivity contribution in [3.8, 4) is 0 Å². The highest BCUT2D eigenvalue weighted by Gasteiger charge is 2.24. The Hall–Kier alpha value is -2.75. The average Bonchev–Trinajstić information content (AvgIpc) is 2.55. The van der Waals surface area contributed by atoms with Crippen molar-refractivity contribution in [2.24, 2.45) is 0 Å². The third-order valence-corrected chi connectivity index (χ3v) is 3.80. The van der Waals surface area contributed by atoms with Crippen LogP contribution in [0.2, 0.25) is 0 Å². The lowest BCUT2D eigenvalue weighted by Gasteiger charge is -2.23. The maximum absolute atomic E-state index is 13.9. The van der Waals surface area contributed by atoms with E-state index in [9.17, 15) is 13.6 Å². The number of amides is 1. The molecule has 23 heavy (non-hydrogen) atoms. The molecule has 3 aromatic rings. The molecule has 1 amide bonds. The van der Waals surface area contributed by atoms with Crippen molar-refractivity contribution in [3.05, 3.63) is 77.9 Å². The number of benzene rings is 3.